The number of hydrogen-bond acceptors (Lipinski definition) is 3. The number of nitrogens with zero attached hydrogens (tertiary/aromatic N) is 1. The smallest absolute Gasteiger partial charge is 0.234 e. The molecule has 1 unspecified atom stereocenters. The van der Waals surface area contributed by atoms with Crippen molar-refractivity contribution in [3.05, 3.63) is 29.0 Å². The number of nitrogens with one attached hydrogen (secondary N) is 2. The van der Waals surface area contributed by atoms with E-state index >= 15 is 0 Å². The van der Waals surface area contributed by atoms with E-state index in [1.165, 1.54) is 6.07 Å². The Bertz CT molecular complexity index is 469. The molecule has 1 atom stereocenters. The molecule has 0 saturated carbocycles. The molecule has 0 aromatic heterocycles. The van der Waals surface area contributed by atoms with Gasteiger partial charge >= 0.3 is 0 Å². The zero-order valence-electron chi connectivity index (χ0n) is 10.7. The summed E-state index contributed by atoms with van der Waals surface area (Å²) in [6, 6.07) is 4.89. The molecule has 1 aliphatic rings. The van der Waals surface area contributed by atoms with E-state index in [2.05, 4.69) is 10.6 Å². The molecule has 2 rings (SSSR count). The number of rotatable bonds is 4. The van der Waals surface area contributed by atoms with Gasteiger partial charge in [0.15, 0.2) is 0 Å². The van der Waals surface area contributed by atoms with Crippen LogP contribution in [0.15, 0.2) is 18.2 Å². The zero-order valence-corrected chi connectivity index (χ0v) is 11.5. The molecule has 1 fully saturated rings. The second kappa shape index (κ2) is 6.21. The average Bonchev–Trinajstić information content (AvgIpc) is 2.81. The van der Waals surface area contributed by atoms with Crippen molar-refractivity contribution in [1.29, 1.82) is 0 Å². The lowest BCUT2D eigenvalue weighted by Crippen LogP contribution is -2.41. The normalized spacial score (nSPS) is 18.7. The standard InChI is InChI=1S/C13H17ClFN3O/c1-16-7-13(19)17-9-4-5-18(8-9)10-2-3-11(14)12(15)6-10/h2-3,6,9,16H,4-5,7-8H2,1H3,(H,17,19). The molecule has 4 nitrogen and oxygen atoms in total. The highest BCUT2D eigenvalue weighted by Crippen LogP contribution is 2.24. The van der Waals surface area contributed by atoms with Crippen molar-refractivity contribution in [3.63, 3.8) is 0 Å². The molecule has 0 aliphatic carbocycles. The number of anilines is 1. The van der Waals surface area contributed by atoms with E-state index in [9.17, 15) is 9.18 Å². The van der Waals surface area contributed by atoms with Crippen molar-refractivity contribution >= 4 is 23.2 Å². The molecule has 104 valence electrons. The highest BCUT2D eigenvalue weighted by atomic mass is 35.5. The van der Waals surface area contributed by atoms with Crippen molar-refractivity contribution in [2.45, 2.75) is 12.5 Å². The number of carbonyl (C=O) groups is 1. The van der Waals surface area contributed by atoms with Crippen LogP contribution in [-0.4, -0.2) is 38.6 Å². The first-order valence-corrected chi connectivity index (χ1v) is 6.62. The molecule has 1 aliphatic heterocycles. The van der Waals surface area contributed by atoms with Crippen LogP contribution in [0, 0.1) is 5.82 Å². The minimum Gasteiger partial charge on any atom is -0.369 e. The highest BCUT2D eigenvalue weighted by molar-refractivity contribution is 6.30. The Kier molecular flexibility index (Phi) is 4.61. The third kappa shape index (κ3) is 3.58. The zero-order chi connectivity index (χ0) is 13.8. The van der Waals surface area contributed by atoms with Crippen LogP contribution in [0.25, 0.3) is 0 Å². The van der Waals surface area contributed by atoms with E-state index in [-0.39, 0.29) is 17.0 Å². The summed E-state index contributed by atoms with van der Waals surface area (Å²) in [5.41, 5.74) is 0.798. The SMILES string of the molecule is CNCC(=O)NC1CCN(c2ccc(Cl)c(F)c2)C1. The molecule has 1 amide bonds. The van der Waals surface area contributed by atoms with Gasteiger partial charge in [-0.05, 0) is 31.7 Å². The fraction of sp³-hybridized carbons (Fsp3) is 0.462. The van der Waals surface area contributed by atoms with Crippen LogP contribution in [0.4, 0.5) is 10.1 Å². The van der Waals surface area contributed by atoms with Gasteiger partial charge in [-0.2, -0.15) is 0 Å². The van der Waals surface area contributed by atoms with Gasteiger partial charge in [0.1, 0.15) is 5.82 Å². The van der Waals surface area contributed by atoms with Crippen LogP contribution in [0.5, 0.6) is 0 Å². The predicted octanol–water partition coefficient (Wildman–Crippen LogP) is 1.39. The van der Waals surface area contributed by atoms with Crippen LogP contribution in [0.3, 0.4) is 0 Å². The summed E-state index contributed by atoms with van der Waals surface area (Å²) in [5, 5.41) is 5.88. The van der Waals surface area contributed by atoms with E-state index in [0.717, 1.165) is 18.7 Å². The van der Waals surface area contributed by atoms with Crippen LogP contribution in [-0.2, 0) is 4.79 Å². The summed E-state index contributed by atoms with van der Waals surface area (Å²) in [4.78, 5) is 13.5. The van der Waals surface area contributed by atoms with Gasteiger partial charge in [0.25, 0.3) is 0 Å². The van der Waals surface area contributed by atoms with Gasteiger partial charge in [-0.15, -0.1) is 0 Å². The number of carbonyl (C=O) groups excluding carboxylic acids is 1. The highest BCUT2D eigenvalue weighted by Gasteiger charge is 2.24. The first-order valence-electron chi connectivity index (χ1n) is 6.24. The predicted molar refractivity (Wildman–Crippen MR) is 74.1 cm³/mol. The lowest BCUT2D eigenvalue weighted by Gasteiger charge is -2.19. The van der Waals surface area contributed by atoms with Crippen molar-refractivity contribution < 1.29 is 9.18 Å². The quantitative estimate of drug-likeness (QED) is 0.879. The minimum absolute atomic E-state index is 0.0170. The number of halogens is 2. The van der Waals surface area contributed by atoms with E-state index in [4.69, 9.17) is 11.6 Å². The number of hydrogen-bond donors (Lipinski definition) is 2. The Hall–Kier alpha value is -1.33. The van der Waals surface area contributed by atoms with E-state index in [0.29, 0.717) is 13.1 Å². The maximum absolute atomic E-state index is 13.4. The molecule has 19 heavy (non-hydrogen) atoms. The third-order valence-electron chi connectivity index (χ3n) is 3.16. The first-order chi connectivity index (χ1) is 9.10. The Balaban J connectivity index is 1.94. The van der Waals surface area contributed by atoms with Crippen LogP contribution >= 0.6 is 11.6 Å². The molecule has 2 N–H and O–H groups in total. The van der Waals surface area contributed by atoms with E-state index in [1.807, 2.05) is 4.90 Å². The minimum atomic E-state index is -0.415. The van der Waals surface area contributed by atoms with Crippen LogP contribution in [0.2, 0.25) is 5.02 Å². The second-order valence-electron chi connectivity index (χ2n) is 4.63. The summed E-state index contributed by atoms with van der Waals surface area (Å²) >= 11 is 5.66. The molecule has 1 saturated heterocycles. The van der Waals surface area contributed by atoms with Crippen molar-refractivity contribution in [3.8, 4) is 0 Å². The van der Waals surface area contributed by atoms with Crippen molar-refractivity contribution in [1.82, 2.24) is 10.6 Å². The molecular formula is C13H17ClFN3O. The maximum Gasteiger partial charge on any atom is 0.234 e. The van der Waals surface area contributed by atoms with Gasteiger partial charge < -0.3 is 15.5 Å². The second-order valence-corrected chi connectivity index (χ2v) is 5.04. The number of benzene rings is 1. The molecule has 0 bridgehead atoms. The molecule has 1 aromatic rings. The van der Waals surface area contributed by atoms with Gasteiger partial charge in [-0.3, -0.25) is 4.79 Å². The van der Waals surface area contributed by atoms with Gasteiger partial charge in [0.05, 0.1) is 11.6 Å². The molecule has 1 aromatic carbocycles. The van der Waals surface area contributed by atoms with Gasteiger partial charge in [0, 0.05) is 24.8 Å². The van der Waals surface area contributed by atoms with Crippen molar-refractivity contribution in [2.75, 3.05) is 31.6 Å². The van der Waals surface area contributed by atoms with Gasteiger partial charge in [-0.1, -0.05) is 11.6 Å². The lowest BCUT2D eigenvalue weighted by atomic mass is 10.2. The van der Waals surface area contributed by atoms with Gasteiger partial charge in [0.2, 0.25) is 5.91 Å². The largest absolute Gasteiger partial charge is 0.369 e. The number of amides is 1. The fourth-order valence-electron chi connectivity index (χ4n) is 2.23. The summed E-state index contributed by atoms with van der Waals surface area (Å²) in [6.07, 6.45) is 0.861. The lowest BCUT2D eigenvalue weighted by molar-refractivity contribution is -0.120. The van der Waals surface area contributed by atoms with Gasteiger partial charge in [-0.25, -0.2) is 4.39 Å². The Morgan fingerprint density at radius 1 is 1.58 bits per heavy atom. The molecule has 0 spiro atoms. The van der Waals surface area contributed by atoms with Crippen molar-refractivity contribution in [2.24, 2.45) is 0 Å². The molecular weight excluding hydrogens is 269 g/mol. The summed E-state index contributed by atoms with van der Waals surface area (Å²) in [6.45, 7) is 1.80. The maximum atomic E-state index is 13.4. The first kappa shape index (κ1) is 14.1. The fourth-order valence-corrected chi connectivity index (χ4v) is 2.35. The summed E-state index contributed by atoms with van der Waals surface area (Å²) in [7, 11) is 1.73. The summed E-state index contributed by atoms with van der Waals surface area (Å²) < 4.78 is 13.4. The van der Waals surface area contributed by atoms with Crippen LogP contribution in [0.1, 0.15) is 6.42 Å². The number of likely N-dealkylation sites (N-methyl/N-ethyl adjacent to an activating group) is 1. The Morgan fingerprint density at radius 3 is 3.05 bits per heavy atom. The van der Waals surface area contributed by atoms with Crippen LogP contribution < -0.4 is 15.5 Å². The van der Waals surface area contributed by atoms with E-state index in [1.54, 1.807) is 19.2 Å². The molecule has 0 radical (unpaired) electrons. The Labute approximate surface area is 116 Å². The monoisotopic (exact) mass is 285 g/mol. The molecule has 6 heteroatoms. The Morgan fingerprint density at radius 2 is 2.37 bits per heavy atom. The van der Waals surface area contributed by atoms with E-state index < -0.39 is 5.82 Å². The average molecular weight is 286 g/mol. The third-order valence-corrected chi connectivity index (χ3v) is 3.47. The topological polar surface area (TPSA) is 44.4 Å². The summed E-state index contributed by atoms with van der Waals surface area (Å²) in [5.74, 6) is -0.432. The molecule has 1 heterocycles.